The first kappa shape index (κ1) is 16.7. The predicted octanol–water partition coefficient (Wildman–Crippen LogP) is 1.57. The van der Waals surface area contributed by atoms with E-state index < -0.39 is 0 Å². The Morgan fingerprint density at radius 2 is 2.14 bits per heavy atom. The molecule has 1 aliphatic heterocycles. The molecular formula is C15H21BrN4O2. The summed E-state index contributed by atoms with van der Waals surface area (Å²) in [5.74, 6) is 0.0290. The zero-order valence-electron chi connectivity index (χ0n) is 13.0. The molecule has 2 amide bonds. The quantitative estimate of drug-likeness (QED) is 0.757. The van der Waals surface area contributed by atoms with Crippen LogP contribution < -0.4 is 0 Å². The molecule has 0 radical (unpaired) electrons. The Morgan fingerprint density at radius 3 is 2.64 bits per heavy atom. The molecule has 1 saturated heterocycles. The van der Waals surface area contributed by atoms with Crippen molar-refractivity contribution in [3.05, 3.63) is 29.0 Å². The second kappa shape index (κ2) is 7.09. The van der Waals surface area contributed by atoms with E-state index in [0.29, 0.717) is 32.5 Å². The molecule has 2 rings (SSSR count). The van der Waals surface area contributed by atoms with Crippen LogP contribution in [0.4, 0.5) is 0 Å². The minimum Gasteiger partial charge on any atom is -0.340 e. The van der Waals surface area contributed by atoms with Gasteiger partial charge in [-0.15, -0.1) is 0 Å². The second-order valence-corrected chi connectivity index (χ2v) is 6.45. The molecule has 0 bridgehead atoms. The summed E-state index contributed by atoms with van der Waals surface area (Å²) in [5.41, 5.74) is 0.845. The first-order valence-electron chi connectivity index (χ1n) is 7.26. The van der Waals surface area contributed by atoms with Crippen LogP contribution in [-0.2, 0) is 23.2 Å². The number of amides is 2. The van der Waals surface area contributed by atoms with Crippen LogP contribution in [0.5, 0.6) is 0 Å². The molecule has 120 valence electrons. The van der Waals surface area contributed by atoms with Crippen LogP contribution in [0.15, 0.2) is 23.3 Å². The highest BCUT2D eigenvalue weighted by atomic mass is 79.9. The molecule has 2 heterocycles. The molecule has 1 aromatic heterocycles. The van der Waals surface area contributed by atoms with Crippen molar-refractivity contribution >= 4 is 27.7 Å². The van der Waals surface area contributed by atoms with Crippen molar-refractivity contribution in [3.63, 3.8) is 0 Å². The van der Waals surface area contributed by atoms with Gasteiger partial charge >= 0.3 is 0 Å². The maximum absolute atomic E-state index is 12.5. The second-order valence-electron chi connectivity index (χ2n) is 5.60. The fraction of sp³-hybridized carbons (Fsp3) is 0.533. The van der Waals surface area contributed by atoms with Gasteiger partial charge in [0.25, 0.3) is 0 Å². The van der Waals surface area contributed by atoms with Crippen LogP contribution in [0.2, 0.25) is 0 Å². The average Bonchev–Trinajstić information content (AvgIpc) is 2.83. The number of likely N-dealkylation sites (tertiary alicyclic amines) is 1. The maximum Gasteiger partial charge on any atom is 0.245 e. The molecule has 0 saturated carbocycles. The van der Waals surface area contributed by atoms with Gasteiger partial charge in [0.15, 0.2) is 0 Å². The first-order valence-corrected chi connectivity index (χ1v) is 8.06. The van der Waals surface area contributed by atoms with Crippen LogP contribution in [0.25, 0.3) is 0 Å². The van der Waals surface area contributed by atoms with Crippen LogP contribution in [0.1, 0.15) is 18.5 Å². The van der Waals surface area contributed by atoms with Crippen LogP contribution in [0, 0.1) is 5.92 Å². The molecule has 0 spiro atoms. The minimum atomic E-state index is -0.0586. The van der Waals surface area contributed by atoms with Gasteiger partial charge in [0.1, 0.15) is 0 Å². The number of carbonyl (C=O) groups is 2. The van der Waals surface area contributed by atoms with E-state index in [0.717, 1.165) is 10.2 Å². The van der Waals surface area contributed by atoms with Crippen LogP contribution in [-0.4, -0.2) is 51.5 Å². The fourth-order valence-electron chi connectivity index (χ4n) is 2.70. The highest BCUT2D eigenvalue weighted by molar-refractivity contribution is 9.10. The van der Waals surface area contributed by atoms with Crippen molar-refractivity contribution in [2.24, 2.45) is 13.0 Å². The lowest BCUT2D eigenvalue weighted by Gasteiger charge is -2.32. The number of rotatable bonds is 4. The Morgan fingerprint density at radius 1 is 1.50 bits per heavy atom. The Hall–Kier alpha value is -1.63. The van der Waals surface area contributed by atoms with E-state index in [1.54, 1.807) is 21.5 Å². The standard InChI is InChI=1S/C15H21BrN4O2/c1-4-14(21)20-7-5-11(6-8-20)15(22)18(2)10-13-12(16)9-19(3)17-13/h4,9,11H,1,5-8,10H2,2-3H3. The van der Waals surface area contributed by atoms with Gasteiger partial charge in [0, 0.05) is 39.3 Å². The smallest absolute Gasteiger partial charge is 0.245 e. The van der Waals surface area contributed by atoms with Crippen molar-refractivity contribution in [1.29, 1.82) is 0 Å². The van der Waals surface area contributed by atoms with Gasteiger partial charge in [0.2, 0.25) is 11.8 Å². The van der Waals surface area contributed by atoms with E-state index in [1.807, 2.05) is 13.2 Å². The Balaban J connectivity index is 1.90. The summed E-state index contributed by atoms with van der Waals surface area (Å²) in [4.78, 5) is 27.5. The summed E-state index contributed by atoms with van der Waals surface area (Å²) in [6.45, 7) is 5.20. The molecule has 1 aliphatic rings. The lowest BCUT2D eigenvalue weighted by molar-refractivity contribution is -0.138. The van der Waals surface area contributed by atoms with E-state index in [9.17, 15) is 9.59 Å². The molecule has 0 atom stereocenters. The zero-order chi connectivity index (χ0) is 16.3. The number of halogens is 1. The Labute approximate surface area is 138 Å². The normalized spacial score (nSPS) is 15.7. The number of aryl methyl sites for hydroxylation is 1. The van der Waals surface area contributed by atoms with Crippen LogP contribution >= 0.6 is 15.9 Å². The van der Waals surface area contributed by atoms with E-state index in [1.165, 1.54) is 6.08 Å². The maximum atomic E-state index is 12.5. The Bertz CT molecular complexity index is 576. The van der Waals surface area contributed by atoms with Crippen molar-refractivity contribution < 1.29 is 9.59 Å². The van der Waals surface area contributed by atoms with Crippen molar-refractivity contribution in [3.8, 4) is 0 Å². The molecular weight excluding hydrogens is 348 g/mol. The topological polar surface area (TPSA) is 58.4 Å². The van der Waals surface area contributed by atoms with Crippen molar-refractivity contribution in [2.75, 3.05) is 20.1 Å². The molecule has 7 heteroatoms. The minimum absolute atomic E-state index is 0.0265. The number of piperidine rings is 1. The van der Waals surface area contributed by atoms with Gasteiger partial charge < -0.3 is 9.80 Å². The van der Waals surface area contributed by atoms with Gasteiger partial charge in [-0.1, -0.05) is 6.58 Å². The molecule has 0 aromatic carbocycles. The number of hydrogen-bond donors (Lipinski definition) is 0. The molecule has 1 aromatic rings. The third kappa shape index (κ3) is 3.76. The number of aromatic nitrogens is 2. The van der Waals surface area contributed by atoms with Gasteiger partial charge in [-0.2, -0.15) is 5.10 Å². The van der Waals surface area contributed by atoms with Gasteiger partial charge in [-0.3, -0.25) is 14.3 Å². The number of carbonyl (C=O) groups excluding carboxylic acids is 2. The summed E-state index contributed by atoms with van der Waals surface area (Å²) in [7, 11) is 3.65. The Kier molecular flexibility index (Phi) is 5.39. The largest absolute Gasteiger partial charge is 0.340 e. The average molecular weight is 369 g/mol. The third-order valence-corrected chi connectivity index (χ3v) is 4.61. The lowest BCUT2D eigenvalue weighted by atomic mass is 9.95. The lowest BCUT2D eigenvalue weighted by Crippen LogP contribution is -2.42. The SMILES string of the molecule is C=CC(=O)N1CCC(C(=O)N(C)Cc2nn(C)cc2Br)CC1. The summed E-state index contributed by atoms with van der Waals surface area (Å²) in [5, 5.41) is 4.34. The number of nitrogens with zero attached hydrogens (tertiary/aromatic N) is 4. The molecule has 6 nitrogen and oxygen atoms in total. The monoisotopic (exact) mass is 368 g/mol. The van der Waals surface area contributed by atoms with Crippen molar-refractivity contribution in [1.82, 2.24) is 19.6 Å². The summed E-state index contributed by atoms with van der Waals surface area (Å²) < 4.78 is 2.62. The summed E-state index contributed by atoms with van der Waals surface area (Å²) >= 11 is 3.45. The molecule has 0 unspecified atom stereocenters. The van der Waals surface area contributed by atoms with Crippen molar-refractivity contribution in [2.45, 2.75) is 19.4 Å². The summed E-state index contributed by atoms with van der Waals surface area (Å²) in [6.07, 6.45) is 4.60. The molecule has 1 fully saturated rings. The van der Waals surface area contributed by atoms with E-state index in [-0.39, 0.29) is 17.7 Å². The third-order valence-electron chi connectivity index (χ3n) is 3.95. The molecule has 22 heavy (non-hydrogen) atoms. The van der Waals surface area contributed by atoms with Crippen LogP contribution in [0.3, 0.4) is 0 Å². The van der Waals surface area contributed by atoms with E-state index >= 15 is 0 Å². The summed E-state index contributed by atoms with van der Waals surface area (Å²) in [6, 6.07) is 0. The van der Waals surface area contributed by atoms with E-state index in [4.69, 9.17) is 0 Å². The fourth-order valence-corrected chi connectivity index (χ4v) is 3.20. The highest BCUT2D eigenvalue weighted by Gasteiger charge is 2.28. The highest BCUT2D eigenvalue weighted by Crippen LogP contribution is 2.21. The molecule has 0 aliphatic carbocycles. The molecule has 0 N–H and O–H groups in total. The number of hydrogen-bond acceptors (Lipinski definition) is 3. The van der Waals surface area contributed by atoms with E-state index in [2.05, 4.69) is 27.6 Å². The predicted molar refractivity (Wildman–Crippen MR) is 86.9 cm³/mol. The zero-order valence-corrected chi connectivity index (χ0v) is 14.5. The first-order chi connectivity index (χ1) is 10.4. The van der Waals surface area contributed by atoms with Gasteiger partial charge in [-0.05, 0) is 34.8 Å². The van der Waals surface area contributed by atoms with Gasteiger partial charge in [-0.25, -0.2) is 0 Å². The van der Waals surface area contributed by atoms with Gasteiger partial charge in [0.05, 0.1) is 16.7 Å².